The third-order valence-corrected chi connectivity index (χ3v) is 2.82. The molecule has 1 rings (SSSR count). The maximum Gasteiger partial charge on any atom is -0.0273 e. The Morgan fingerprint density at radius 1 is 0.435 bits per heavy atom. The lowest BCUT2D eigenvalue weighted by Gasteiger charge is -1.87. The van der Waals surface area contributed by atoms with Gasteiger partial charge in [0, 0.05) is 0 Å². The first-order chi connectivity index (χ1) is 11.5. The minimum atomic E-state index is 0.991. The van der Waals surface area contributed by atoms with Crippen LogP contribution in [0.5, 0.6) is 0 Å². The van der Waals surface area contributed by atoms with Crippen LogP contribution in [0.3, 0.4) is 0 Å². The standard InChI is InChI=1S/C23H25/c1-2-4-6-8-10-12-14-16-18-20-22-23-21-19-17-15-13-11-9-7-5-3-1/h1-19H,20,22-23H2/b2-1-,5-3-,6-4-,9-7-,10-8-,13-11-,14-12-,17-15-,18-16-,21-19?. The van der Waals surface area contributed by atoms with Crippen LogP contribution in [0.1, 0.15) is 19.3 Å². The number of rotatable bonds is 0. The molecule has 1 aliphatic carbocycles. The summed E-state index contributed by atoms with van der Waals surface area (Å²) < 4.78 is 0. The lowest BCUT2D eigenvalue weighted by atomic mass is 10.2. The molecule has 0 spiro atoms. The molecule has 0 aromatic carbocycles. The number of hydrogen-bond acceptors (Lipinski definition) is 0. The van der Waals surface area contributed by atoms with Crippen molar-refractivity contribution in [2.24, 2.45) is 0 Å². The molecule has 0 aliphatic heterocycles. The van der Waals surface area contributed by atoms with Gasteiger partial charge in [0.1, 0.15) is 0 Å². The summed E-state index contributed by atoms with van der Waals surface area (Å²) in [5, 5.41) is 0. The second kappa shape index (κ2) is 15.8. The van der Waals surface area contributed by atoms with Gasteiger partial charge >= 0.3 is 0 Å². The monoisotopic (exact) mass is 301 g/mol. The molecule has 23 heavy (non-hydrogen) atoms. The molecule has 0 nitrogen and oxygen atoms in total. The minimum absolute atomic E-state index is 0.991. The van der Waals surface area contributed by atoms with Crippen LogP contribution in [-0.4, -0.2) is 0 Å². The summed E-state index contributed by atoms with van der Waals surface area (Å²) in [6.45, 7) is 0. The van der Waals surface area contributed by atoms with Crippen LogP contribution in [0.25, 0.3) is 0 Å². The zero-order valence-corrected chi connectivity index (χ0v) is 13.6. The summed E-state index contributed by atoms with van der Waals surface area (Å²) in [6.07, 6.45) is 45.0. The minimum Gasteiger partial charge on any atom is -0.0845 e. The van der Waals surface area contributed by atoms with E-state index in [9.17, 15) is 0 Å². The smallest absolute Gasteiger partial charge is 0.0273 e. The second-order valence-corrected chi connectivity index (χ2v) is 4.77. The molecule has 0 heteroatoms. The van der Waals surface area contributed by atoms with E-state index in [-0.39, 0.29) is 0 Å². The van der Waals surface area contributed by atoms with E-state index < -0.39 is 0 Å². The van der Waals surface area contributed by atoms with Gasteiger partial charge in [-0.1, -0.05) is 115 Å². The van der Waals surface area contributed by atoms with Crippen molar-refractivity contribution in [1.29, 1.82) is 0 Å². The largest absolute Gasteiger partial charge is 0.0845 e. The van der Waals surface area contributed by atoms with Crippen molar-refractivity contribution in [3.8, 4) is 0 Å². The predicted molar refractivity (Wildman–Crippen MR) is 104 cm³/mol. The fraction of sp³-hybridized carbons (Fsp3) is 0.130. The van der Waals surface area contributed by atoms with Crippen molar-refractivity contribution in [3.63, 3.8) is 0 Å². The third-order valence-electron chi connectivity index (χ3n) is 2.82. The molecular formula is C23H25. The number of allylic oxidation sites excluding steroid dienone is 20. The van der Waals surface area contributed by atoms with Crippen molar-refractivity contribution in [1.82, 2.24) is 0 Å². The molecule has 0 fully saturated rings. The van der Waals surface area contributed by atoms with Crippen molar-refractivity contribution in [2.75, 3.05) is 0 Å². The van der Waals surface area contributed by atoms with Crippen LogP contribution in [0.4, 0.5) is 0 Å². The Morgan fingerprint density at radius 3 is 1.30 bits per heavy atom. The van der Waals surface area contributed by atoms with E-state index in [2.05, 4.69) is 24.3 Å². The van der Waals surface area contributed by atoms with Gasteiger partial charge in [0.15, 0.2) is 0 Å². The molecule has 0 unspecified atom stereocenters. The van der Waals surface area contributed by atoms with E-state index >= 15 is 0 Å². The van der Waals surface area contributed by atoms with Crippen LogP contribution >= 0.6 is 0 Å². The van der Waals surface area contributed by atoms with Crippen molar-refractivity contribution >= 4 is 0 Å². The van der Waals surface area contributed by atoms with Gasteiger partial charge < -0.3 is 0 Å². The Morgan fingerprint density at radius 2 is 0.826 bits per heavy atom. The Hall–Kier alpha value is -2.60. The van der Waals surface area contributed by atoms with E-state index in [4.69, 9.17) is 0 Å². The van der Waals surface area contributed by atoms with Gasteiger partial charge in [-0.05, 0) is 25.3 Å². The molecule has 0 saturated heterocycles. The van der Waals surface area contributed by atoms with E-state index in [1.54, 1.807) is 0 Å². The fourth-order valence-electron chi connectivity index (χ4n) is 1.67. The molecule has 0 heterocycles. The highest BCUT2D eigenvalue weighted by molar-refractivity contribution is 5.22. The molecule has 1 aliphatic rings. The topological polar surface area (TPSA) is 0 Å². The third kappa shape index (κ3) is 14.1. The SMILES string of the molecule is [C]1=C/C=C\C=C/C=C\C=C/C=C\C=C/C=C\C=C/C=C\CCC\1. The van der Waals surface area contributed by atoms with Gasteiger partial charge in [0.2, 0.25) is 0 Å². The molecule has 117 valence electrons. The van der Waals surface area contributed by atoms with E-state index in [1.807, 2.05) is 97.2 Å². The summed E-state index contributed by atoms with van der Waals surface area (Å²) in [5.41, 5.74) is 0. The van der Waals surface area contributed by atoms with Gasteiger partial charge in [0.05, 0.1) is 0 Å². The zero-order chi connectivity index (χ0) is 16.3. The van der Waals surface area contributed by atoms with Crippen LogP contribution in [-0.2, 0) is 0 Å². The highest BCUT2D eigenvalue weighted by Crippen LogP contribution is 1.98. The van der Waals surface area contributed by atoms with Crippen LogP contribution in [0.15, 0.2) is 115 Å². The molecule has 1 radical (unpaired) electrons. The molecule has 0 atom stereocenters. The molecule has 0 aromatic rings. The maximum absolute atomic E-state index is 3.28. The summed E-state index contributed by atoms with van der Waals surface area (Å²) in [7, 11) is 0. The van der Waals surface area contributed by atoms with Crippen molar-refractivity contribution in [2.45, 2.75) is 19.3 Å². The average molecular weight is 301 g/mol. The highest BCUT2D eigenvalue weighted by atomic mass is 13.8. The van der Waals surface area contributed by atoms with Crippen molar-refractivity contribution < 1.29 is 0 Å². The Bertz CT molecular complexity index is 515. The van der Waals surface area contributed by atoms with Gasteiger partial charge in [-0.3, -0.25) is 0 Å². The van der Waals surface area contributed by atoms with Gasteiger partial charge in [-0.15, -0.1) is 0 Å². The summed E-state index contributed by atoms with van der Waals surface area (Å²) in [4.78, 5) is 0. The lowest BCUT2D eigenvalue weighted by Crippen LogP contribution is -1.68. The second-order valence-electron chi connectivity index (χ2n) is 4.77. The van der Waals surface area contributed by atoms with Gasteiger partial charge in [-0.25, -0.2) is 0 Å². The van der Waals surface area contributed by atoms with E-state index in [0.29, 0.717) is 0 Å². The zero-order valence-electron chi connectivity index (χ0n) is 13.6. The first kappa shape index (κ1) is 18.4. The quantitative estimate of drug-likeness (QED) is 0.477. The number of hydrogen-bond donors (Lipinski definition) is 0. The summed E-state index contributed by atoms with van der Waals surface area (Å²) >= 11 is 0. The predicted octanol–water partition coefficient (Wildman–Crippen LogP) is 6.54. The highest BCUT2D eigenvalue weighted by Gasteiger charge is 1.79. The molecule has 0 N–H and O–H groups in total. The van der Waals surface area contributed by atoms with Crippen LogP contribution in [0, 0.1) is 6.08 Å². The van der Waals surface area contributed by atoms with E-state index in [1.165, 1.54) is 0 Å². The van der Waals surface area contributed by atoms with Crippen LogP contribution < -0.4 is 0 Å². The first-order valence-electron chi connectivity index (χ1n) is 8.05. The summed E-state index contributed by atoms with van der Waals surface area (Å²) in [6, 6.07) is 0. The fourth-order valence-corrected chi connectivity index (χ4v) is 1.67. The van der Waals surface area contributed by atoms with Crippen LogP contribution in [0.2, 0.25) is 0 Å². The molecule has 0 aromatic heterocycles. The lowest BCUT2D eigenvalue weighted by molar-refractivity contribution is 0.855. The van der Waals surface area contributed by atoms with Gasteiger partial charge in [-0.2, -0.15) is 0 Å². The normalized spacial score (nSPS) is 31.0. The molecule has 0 saturated carbocycles. The molecule has 0 amide bonds. The Kier molecular flexibility index (Phi) is 12.7. The molecule has 0 bridgehead atoms. The van der Waals surface area contributed by atoms with E-state index in [0.717, 1.165) is 19.3 Å². The van der Waals surface area contributed by atoms with Crippen molar-refractivity contribution in [3.05, 3.63) is 122 Å². The average Bonchev–Trinajstić information content (AvgIpc) is 2.56. The molecular weight excluding hydrogens is 276 g/mol. The van der Waals surface area contributed by atoms with Gasteiger partial charge in [0.25, 0.3) is 0 Å². The first-order valence-corrected chi connectivity index (χ1v) is 8.05. The maximum atomic E-state index is 3.28. The summed E-state index contributed by atoms with van der Waals surface area (Å²) in [5.74, 6) is 0. The Labute approximate surface area is 141 Å². The Balaban J connectivity index is 2.56.